The topological polar surface area (TPSA) is 26.3 Å². The van der Waals surface area contributed by atoms with Crippen molar-refractivity contribution in [2.24, 2.45) is 0 Å². The van der Waals surface area contributed by atoms with Gasteiger partial charge in [0.15, 0.2) is 3.79 Å². The van der Waals surface area contributed by atoms with Crippen molar-refractivity contribution in [2.75, 3.05) is 6.61 Å². The molecule has 0 aliphatic carbocycles. The first kappa shape index (κ1) is 21.6. The van der Waals surface area contributed by atoms with Gasteiger partial charge in [0.25, 0.3) is 0 Å². The van der Waals surface area contributed by atoms with Crippen LogP contribution in [0.1, 0.15) is 71.1 Å². The van der Waals surface area contributed by atoms with E-state index < -0.39 is 3.79 Å². The van der Waals surface area contributed by atoms with Crippen molar-refractivity contribution < 1.29 is 9.53 Å². The molecule has 0 radical (unpaired) electrons. The summed E-state index contributed by atoms with van der Waals surface area (Å²) in [5.74, 6) is -0.0837. The maximum Gasteiger partial charge on any atom is 0.305 e. The maximum absolute atomic E-state index is 11.1. The summed E-state index contributed by atoms with van der Waals surface area (Å²) in [7, 11) is 0. The van der Waals surface area contributed by atoms with Crippen molar-refractivity contribution in [1.29, 1.82) is 0 Å². The summed E-state index contributed by atoms with van der Waals surface area (Å²) in [5.41, 5.74) is 0. The summed E-state index contributed by atoms with van der Waals surface area (Å²) in [6.07, 6.45) is 9.60. The number of ether oxygens (including phenoxy) is 1. The normalized spacial score (nSPS) is 13.2. The largest absolute Gasteiger partial charge is 0.466 e. The second-order valence-corrected chi connectivity index (χ2v) is 8.37. The average Bonchev–Trinajstić information content (AvgIpc) is 2.35. The van der Waals surface area contributed by atoms with Gasteiger partial charge in [-0.05, 0) is 19.8 Å². The van der Waals surface area contributed by atoms with Gasteiger partial charge in [0.05, 0.1) is 6.61 Å². The van der Waals surface area contributed by atoms with E-state index in [4.69, 9.17) is 51.1 Å². The molecule has 1 unspecified atom stereocenters. The van der Waals surface area contributed by atoms with Gasteiger partial charge in [0.1, 0.15) is 0 Å². The van der Waals surface area contributed by atoms with Crippen molar-refractivity contribution in [2.45, 2.75) is 80.3 Å². The summed E-state index contributed by atoms with van der Waals surface area (Å²) in [6, 6.07) is 0. The minimum atomic E-state index is -1.24. The Labute approximate surface area is 148 Å². The number of carbonyl (C=O) groups excluding carboxylic acids is 1. The SMILES string of the molecule is CCOC(=O)CCCCCCCCCC(Cl)CC(Cl)(Cl)Cl. The van der Waals surface area contributed by atoms with Gasteiger partial charge in [-0.15, -0.1) is 11.6 Å². The molecule has 0 aromatic carbocycles. The zero-order chi connectivity index (χ0) is 16.1. The van der Waals surface area contributed by atoms with Crippen LogP contribution in [0.2, 0.25) is 0 Å². The molecule has 0 bridgehead atoms. The van der Waals surface area contributed by atoms with E-state index in [0.29, 0.717) is 19.4 Å². The minimum absolute atomic E-state index is 0.0675. The highest BCUT2D eigenvalue weighted by Gasteiger charge is 2.23. The predicted molar refractivity (Wildman–Crippen MR) is 92.7 cm³/mol. The van der Waals surface area contributed by atoms with Crippen molar-refractivity contribution >= 4 is 52.4 Å². The quantitative estimate of drug-likeness (QED) is 0.222. The predicted octanol–water partition coefficient (Wildman–Crippen LogP) is 6.43. The Morgan fingerprint density at radius 1 is 1.00 bits per heavy atom. The van der Waals surface area contributed by atoms with Crippen LogP contribution in [0.4, 0.5) is 0 Å². The van der Waals surface area contributed by atoms with E-state index >= 15 is 0 Å². The molecule has 2 nitrogen and oxygen atoms in total. The third kappa shape index (κ3) is 16.8. The van der Waals surface area contributed by atoms with E-state index in [2.05, 4.69) is 0 Å². The Kier molecular flexibility index (Phi) is 13.5. The van der Waals surface area contributed by atoms with Crippen LogP contribution in [0.25, 0.3) is 0 Å². The van der Waals surface area contributed by atoms with Crippen LogP contribution in [0.5, 0.6) is 0 Å². The number of hydrogen-bond donors (Lipinski definition) is 0. The summed E-state index contributed by atoms with van der Waals surface area (Å²) in [6.45, 7) is 2.30. The minimum Gasteiger partial charge on any atom is -0.466 e. The molecule has 126 valence electrons. The first-order valence-electron chi connectivity index (χ1n) is 7.71. The van der Waals surface area contributed by atoms with Gasteiger partial charge < -0.3 is 4.74 Å². The van der Waals surface area contributed by atoms with Crippen molar-refractivity contribution in [3.05, 3.63) is 0 Å². The molecule has 0 fully saturated rings. The van der Waals surface area contributed by atoms with Gasteiger partial charge >= 0.3 is 5.97 Å². The van der Waals surface area contributed by atoms with Gasteiger partial charge in [-0.1, -0.05) is 73.3 Å². The van der Waals surface area contributed by atoms with Crippen LogP contribution in [-0.2, 0) is 9.53 Å². The first-order chi connectivity index (χ1) is 9.85. The Hall–Kier alpha value is 0.630. The fourth-order valence-corrected chi connectivity index (χ4v) is 3.29. The monoisotopic (exact) mass is 378 g/mol. The number of carbonyl (C=O) groups is 1. The van der Waals surface area contributed by atoms with Crippen LogP contribution >= 0.6 is 46.4 Å². The summed E-state index contributed by atoms with van der Waals surface area (Å²) in [4.78, 5) is 11.1. The lowest BCUT2D eigenvalue weighted by atomic mass is 10.1. The van der Waals surface area contributed by atoms with Crippen molar-refractivity contribution in [1.82, 2.24) is 0 Å². The van der Waals surface area contributed by atoms with Crippen molar-refractivity contribution in [3.63, 3.8) is 0 Å². The highest BCUT2D eigenvalue weighted by Crippen LogP contribution is 2.34. The summed E-state index contributed by atoms with van der Waals surface area (Å²) < 4.78 is 3.63. The lowest BCUT2D eigenvalue weighted by Crippen LogP contribution is -2.11. The van der Waals surface area contributed by atoms with Gasteiger partial charge in [-0.25, -0.2) is 0 Å². The maximum atomic E-state index is 11.1. The standard InChI is InChI=1S/C15H26Cl4O2/c1-2-21-14(20)11-9-7-5-3-4-6-8-10-13(16)12-15(17,18)19/h13H,2-12H2,1H3. The van der Waals surface area contributed by atoms with E-state index in [1.807, 2.05) is 6.92 Å². The zero-order valence-electron chi connectivity index (χ0n) is 12.7. The van der Waals surface area contributed by atoms with Crippen LogP contribution in [0, 0.1) is 0 Å². The molecule has 6 heteroatoms. The molecule has 0 aliphatic rings. The molecule has 0 aliphatic heterocycles. The molecule has 0 heterocycles. The number of rotatable bonds is 12. The van der Waals surface area contributed by atoms with E-state index in [1.165, 1.54) is 12.8 Å². The lowest BCUT2D eigenvalue weighted by molar-refractivity contribution is -0.143. The molecule has 21 heavy (non-hydrogen) atoms. The number of esters is 1. The second-order valence-electron chi connectivity index (χ2n) is 5.24. The summed E-state index contributed by atoms with van der Waals surface area (Å²) in [5, 5.41) is -0.0675. The Balaban J connectivity index is 3.28. The average molecular weight is 380 g/mol. The molecule has 0 saturated heterocycles. The molecule has 0 amide bonds. The highest BCUT2D eigenvalue weighted by atomic mass is 35.6. The molecule has 0 N–H and O–H groups in total. The van der Waals surface area contributed by atoms with Gasteiger partial charge in [-0.3, -0.25) is 4.79 Å². The third-order valence-electron chi connectivity index (χ3n) is 3.16. The van der Waals surface area contributed by atoms with Crippen LogP contribution < -0.4 is 0 Å². The number of halogens is 4. The first-order valence-corrected chi connectivity index (χ1v) is 9.28. The molecular formula is C15H26Cl4O2. The van der Waals surface area contributed by atoms with Gasteiger partial charge in [-0.2, -0.15) is 0 Å². The van der Waals surface area contributed by atoms with E-state index in [0.717, 1.165) is 38.5 Å². The highest BCUT2D eigenvalue weighted by molar-refractivity contribution is 6.67. The lowest BCUT2D eigenvalue weighted by Gasteiger charge is -2.15. The molecule has 1 atom stereocenters. The van der Waals surface area contributed by atoms with Crippen molar-refractivity contribution in [3.8, 4) is 0 Å². The molecule has 0 spiro atoms. The smallest absolute Gasteiger partial charge is 0.305 e. The van der Waals surface area contributed by atoms with E-state index in [-0.39, 0.29) is 11.3 Å². The van der Waals surface area contributed by atoms with E-state index in [9.17, 15) is 4.79 Å². The number of alkyl halides is 4. The van der Waals surface area contributed by atoms with Crippen LogP contribution in [-0.4, -0.2) is 21.7 Å². The Morgan fingerprint density at radius 2 is 1.52 bits per heavy atom. The molecule has 0 saturated carbocycles. The summed E-state index contributed by atoms with van der Waals surface area (Å²) >= 11 is 23.2. The van der Waals surface area contributed by atoms with E-state index in [1.54, 1.807) is 0 Å². The van der Waals surface area contributed by atoms with Gasteiger partial charge in [0.2, 0.25) is 0 Å². The number of unbranched alkanes of at least 4 members (excludes halogenated alkanes) is 6. The zero-order valence-corrected chi connectivity index (χ0v) is 15.7. The Morgan fingerprint density at radius 3 is 2.05 bits per heavy atom. The third-order valence-corrected chi connectivity index (χ3v) is 3.99. The second kappa shape index (κ2) is 13.1. The Bertz CT molecular complexity index is 267. The fourth-order valence-electron chi connectivity index (χ4n) is 2.11. The van der Waals surface area contributed by atoms with Crippen LogP contribution in [0.15, 0.2) is 0 Å². The molecule has 0 rings (SSSR count). The molecular weight excluding hydrogens is 354 g/mol. The fraction of sp³-hybridized carbons (Fsp3) is 0.933. The van der Waals surface area contributed by atoms with Crippen LogP contribution in [0.3, 0.4) is 0 Å². The molecule has 0 aromatic heterocycles. The van der Waals surface area contributed by atoms with Gasteiger partial charge in [0, 0.05) is 18.2 Å². The molecule has 0 aromatic rings. The number of hydrogen-bond acceptors (Lipinski definition) is 2.